The molecule has 5 nitrogen and oxygen atoms in total. The number of pyridine rings is 1. The van der Waals surface area contributed by atoms with Crippen molar-refractivity contribution in [2.24, 2.45) is 0 Å². The molecule has 0 unspecified atom stereocenters. The van der Waals surface area contributed by atoms with E-state index in [0.29, 0.717) is 0 Å². The summed E-state index contributed by atoms with van der Waals surface area (Å²) in [6.07, 6.45) is 0. The van der Waals surface area contributed by atoms with Gasteiger partial charge in [-0.2, -0.15) is 10.5 Å². The van der Waals surface area contributed by atoms with E-state index in [1.54, 1.807) is 6.07 Å². The summed E-state index contributed by atoms with van der Waals surface area (Å²) in [7, 11) is 0. The predicted molar refractivity (Wildman–Crippen MR) is 61.1 cm³/mol. The molecule has 0 atom stereocenters. The molecule has 1 amide bonds. The molecule has 1 aromatic heterocycles. The van der Waals surface area contributed by atoms with Crippen LogP contribution in [0.4, 0.5) is 5.82 Å². The molecule has 0 saturated heterocycles. The Morgan fingerprint density at radius 2 is 2.12 bits per heavy atom. The number of halogens is 2. The van der Waals surface area contributed by atoms with Crippen LogP contribution >= 0.6 is 27.5 Å². The molecule has 0 fully saturated rings. The monoisotopic (exact) mass is 298 g/mol. The van der Waals surface area contributed by atoms with Gasteiger partial charge in [-0.05, 0) is 6.07 Å². The Morgan fingerprint density at radius 1 is 1.50 bits per heavy atom. The predicted octanol–water partition coefficient (Wildman–Crippen LogP) is 1.81. The van der Waals surface area contributed by atoms with Crippen LogP contribution in [-0.2, 0) is 4.79 Å². The molecular weight excluding hydrogens is 295 g/mol. The first-order chi connectivity index (χ1) is 7.62. The third-order valence-electron chi connectivity index (χ3n) is 1.60. The summed E-state index contributed by atoms with van der Waals surface area (Å²) in [5.74, 6) is -0.305. The zero-order chi connectivity index (χ0) is 12.1. The Labute approximate surface area is 105 Å². The number of alkyl halides is 1. The number of nitrogens with one attached hydrogen (secondary N) is 1. The van der Waals surface area contributed by atoms with Gasteiger partial charge in [0, 0.05) is 0 Å². The Morgan fingerprint density at radius 3 is 2.62 bits per heavy atom. The minimum absolute atomic E-state index is 0.0497. The summed E-state index contributed by atoms with van der Waals surface area (Å²) < 4.78 is 0. The summed E-state index contributed by atoms with van der Waals surface area (Å²) in [6, 6.07) is 4.90. The van der Waals surface area contributed by atoms with Crippen LogP contribution in [-0.4, -0.2) is 16.2 Å². The molecule has 1 aromatic rings. The van der Waals surface area contributed by atoms with Crippen LogP contribution in [0.5, 0.6) is 0 Å². The van der Waals surface area contributed by atoms with Crippen LogP contribution in [0.15, 0.2) is 6.07 Å². The average Bonchev–Trinajstić information content (AvgIpc) is 2.29. The van der Waals surface area contributed by atoms with Crippen molar-refractivity contribution < 1.29 is 4.79 Å². The van der Waals surface area contributed by atoms with E-state index in [9.17, 15) is 4.79 Å². The van der Waals surface area contributed by atoms with Gasteiger partial charge in [0.1, 0.15) is 17.3 Å². The van der Waals surface area contributed by atoms with Gasteiger partial charge < -0.3 is 5.32 Å². The molecule has 0 bridgehead atoms. The first-order valence-corrected chi connectivity index (χ1v) is 5.49. The largest absolute Gasteiger partial charge is 0.309 e. The second-order valence-electron chi connectivity index (χ2n) is 2.63. The first kappa shape index (κ1) is 12.4. The molecule has 16 heavy (non-hydrogen) atoms. The number of aromatic nitrogens is 1. The molecule has 0 aliphatic rings. The molecule has 1 rings (SSSR count). The smallest absolute Gasteiger partial charge is 0.236 e. The van der Waals surface area contributed by atoms with Crippen molar-refractivity contribution in [3.63, 3.8) is 0 Å². The molecule has 1 heterocycles. The number of hydrogen-bond donors (Lipinski definition) is 1. The van der Waals surface area contributed by atoms with Crippen molar-refractivity contribution in [3.05, 3.63) is 22.3 Å². The fraction of sp³-hybridized carbons (Fsp3) is 0.111. The summed E-state index contributed by atoms with van der Waals surface area (Å²) in [4.78, 5) is 14.9. The maximum absolute atomic E-state index is 11.1. The molecule has 0 aliphatic carbocycles. The van der Waals surface area contributed by atoms with Gasteiger partial charge in [-0.15, -0.1) is 0 Å². The van der Waals surface area contributed by atoms with Crippen molar-refractivity contribution in [2.45, 2.75) is 0 Å². The lowest BCUT2D eigenvalue weighted by atomic mass is 10.2. The van der Waals surface area contributed by atoms with Crippen LogP contribution in [0.25, 0.3) is 0 Å². The van der Waals surface area contributed by atoms with E-state index >= 15 is 0 Å². The molecule has 0 aromatic carbocycles. The zero-order valence-electron chi connectivity index (χ0n) is 7.79. The van der Waals surface area contributed by atoms with Gasteiger partial charge in [-0.3, -0.25) is 4.79 Å². The second kappa shape index (κ2) is 5.45. The number of carbonyl (C=O) groups is 1. The van der Waals surface area contributed by atoms with E-state index in [1.165, 1.54) is 6.07 Å². The molecular formula is C9H4BrClN4O. The number of carbonyl (C=O) groups excluding carboxylic acids is 1. The third kappa shape index (κ3) is 2.69. The van der Waals surface area contributed by atoms with Gasteiger partial charge >= 0.3 is 0 Å². The minimum atomic E-state index is -0.357. The molecule has 0 radical (unpaired) electrons. The van der Waals surface area contributed by atoms with Crippen LogP contribution in [0.1, 0.15) is 11.1 Å². The highest BCUT2D eigenvalue weighted by atomic mass is 79.9. The highest BCUT2D eigenvalue weighted by Gasteiger charge is 2.12. The minimum Gasteiger partial charge on any atom is -0.309 e. The van der Waals surface area contributed by atoms with Crippen LogP contribution in [0, 0.1) is 22.7 Å². The standard InChI is InChI=1S/C9H4BrClN4O/c10-2-7(16)14-9-6(4-13)1-5(3-12)8(11)15-9/h1H,2H2,(H,14,15,16). The van der Waals surface area contributed by atoms with Crippen molar-refractivity contribution in [1.82, 2.24) is 4.98 Å². The van der Waals surface area contributed by atoms with Crippen molar-refractivity contribution >= 4 is 39.3 Å². The van der Waals surface area contributed by atoms with E-state index in [0.717, 1.165) is 0 Å². The van der Waals surface area contributed by atoms with Crippen molar-refractivity contribution in [3.8, 4) is 12.1 Å². The fourth-order valence-corrected chi connectivity index (χ4v) is 1.24. The molecule has 80 valence electrons. The molecule has 0 aliphatic heterocycles. The fourth-order valence-electron chi connectivity index (χ4n) is 0.915. The Kier molecular flexibility index (Phi) is 4.24. The quantitative estimate of drug-likeness (QED) is 0.666. The van der Waals surface area contributed by atoms with Gasteiger partial charge in [0.05, 0.1) is 16.5 Å². The number of anilines is 1. The lowest BCUT2D eigenvalue weighted by Gasteiger charge is -2.05. The SMILES string of the molecule is N#Cc1cc(C#N)c(NC(=O)CBr)nc1Cl. The maximum Gasteiger partial charge on any atom is 0.236 e. The third-order valence-corrected chi connectivity index (χ3v) is 2.39. The van der Waals surface area contributed by atoms with Crippen molar-refractivity contribution in [1.29, 1.82) is 10.5 Å². The Bertz CT molecular complexity index is 517. The highest BCUT2D eigenvalue weighted by molar-refractivity contribution is 9.09. The molecule has 1 N–H and O–H groups in total. The van der Waals surface area contributed by atoms with Gasteiger partial charge in [0.2, 0.25) is 5.91 Å². The van der Waals surface area contributed by atoms with E-state index in [-0.39, 0.29) is 33.3 Å². The number of nitrogens with zero attached hydrogens (tertiary/aromatic N) is 3. The normalized spacial score (nSPS) is 9.00. The van der Waals surface area contributed by atoms with Gasteiger partial charge in [0.25, 0.3) is 0 Å². The second-order valence-corrected chi connectivity index (χ2v) is 3.55. The van der Waals surface area contributed by atoms with Gasteiger partial charge in [0.15, 0.2) is 5.82 Å². The highest BCUT2D eigenvalue weighted by Crippen LogP contribution is 2.20. The number of hydrogen-bond acceptors (Lipinski definition) is 4. The Balaban J connectivity index is 3.21. The summed E-state index contributed by atoms with van der Waals surface area (Å²) in [6.45, 7) is 0. The molecule has 7 heteroatoms. The number of amides is 1. The van der Waals surface area contributed by atoms with E-state index in [2.05, 4.69) is 26.2 Å². The van der Waals surface area contributed by atoms with E-state index < -0.39 is 0 Å². The topological polar surface area (TPSA) is 89.6 Å². The van der Waals surface area contributed by atoms with Gasteiger partial charge in [-0.1, -0.05) is 27.5 Å². The van der Waals surface area contributed by atoms with Crippen molar-refractivity contribution in [2.75, 3.05) is 10.6 Å². The van der Waals surface area contributed by atoms with Crippen LogP contribution < -0.4 is 5.32 Å². The van der Waals surface area contributed by atoms with E-state index in [4.69, 9.17) is 22.1 Å². The summed E-state index contributed by atoms with van der Waals surface area (Å²) >= 11 is 8.64. The average molecular weight is 300 g/mol. The van der Waals surface area contributed by atoms with Crippen LogP contribution in [0.3, 0.4) is 0 Å². The summed E-state index contributed by atoms with van der Waals surface area (Å²) in [5, 5.41) is 19.9. The molecule has 0 saturated carbocycles. The van der Waals surface area contributed by atoms with Crippen LogP contribution in [0.2, 0.25) is 5.15 Å². The number of rotatable bonds is 2. The lowest BCUT2D eigenvalue weighted by molar-refractivity contribution is -0.113. The summed E-state index contributed by atoms with van der Waals surface area (Å²) in [5.41, 5.74) is 0.185. The maximum atomic E-state index is 11.1. The number of nitriles is 2. The van der Waals surface area contributed by atoms with Gasteiger partial charge in [-0.25, -0.2) is 4.98 Å². The lowest BCUT2D eigenvalue weighted by Crippen LogP contribution is -2.15. The zero-order valence-corrected chi connectivity index (χ0v) is 10.1. The van der Waals surface area contributed by atoms with E-state index in [1.807, 2.05) is 6.07 Å². The first-order valence-electron chi connectivity index (χ1n) is 3.99. The molecule has 0 spiro atoms. The Hall–Kier alpha value is -1.63.